The number of amides is 2. The number of primary amides is 1. The lowest BCUT2D eigenvalue weighted by Crippen LogP contribution is -2.52. The van der Waals surface area contributed by atoms with Gasteiger partial charge in [-0.25, -0.2) is 0 Å². The Morgan fingerprint density at radius 1 is 1.25 bits per heavy atom. The quantitative estimate of drug-likeness (QED) is 0.666. The second-order valence-electron chi connectivity index (χ2n) is 9.79. The molecule has 0 unspecified atom stereocenters. The molecule has 0 radical (unpaired) electrons. The first-order valence-electron chi connectivity index (χ1n) is 11.5. The van der Waals surface area contributed by atoms with Crippen LogP contribution in [-0.2, 0) is 6.42 Å². The highest BCUT2D eigenvalue weighted by Gasteiger charge is 2.40. The van der Waals surface area contributed by atoms with Crippen LogP contribution in [0.1, 0.15) is 78.4 Å². The highest BCUT2D eigenvalue weighted by Crippen LogP contribution is 2.35. The number of nitrogens with zero attached hydrogens (tertiary/aromatic N) is 2. The summed E-state index contributed by atoms with van der Waals surface area (Å²) in [6.45, 7) is 8.87. The Bertz CT molecular complexity index is 1050. The number of fused-ring (bicyclic) bond motifs is 1. The summed E-state index contributed by atoms with van der Waals surface area (Å²) in [6, 6.07) is 5.78. The van der Waals surface area contributed by atoms with E-state index in [1.165, 1.54) is 0 Å². The van der Waals surface area contributed by atoms with Gasteiger partial charge in [0.1, 0.15) is 0 Å². The number of hydrogen-bond acceptors (Lipinski definition) is 4. The first-order chi connectivity index (χ1) is 15.1. The third-order valence-corrected chi connectivity index (χ3v) is 7.01. The second-order valence-corrected chi connectivity index (χ2v) is 9.79. The Kier molecular flexibility index (Phi) is 5.79. The van der Waals surface area contributed by atoms with Gasteiger partial charge in [-0.3, -0.25) is 9.59 Å². The maximum absolute atomic E-state index is 13.2. The first-order valence-corrected chi connectivity index (χ1v) is 11.5. The average Bonchev–Trinajstić information content (AvgIpc) is 3.05. The number of rotatable bonds is 5. The molecule has 1 aliphatic carbocycles. The van der Waals surface area contributed by atoms with E-state index in [9.17, 15) is 14.7 Å². The van der Waals surface area contributed by atoms with Crippen LogP contribution in [0.15, 0.2) is 24.4 Å². The minimum Gasteiger partial charge on any atom is -0.393 e. The molecule has 2 aromatic rings. The molecule has 0 saturated heterocycles. The zero-order valence-electron chi connectivity index (χ0n) is 19.4. The van der Waals surface area contributed by atoms with Gasteiger partial charge in [0.15, 0.2) is 0 Å². The summed E-state index contributed by atoms with van der Waals surface area (Å²) >= 11 is 0. The van der Waals surface area contributed by atoms with Gasteiger partial charge in [-0.05, 0) is 77.1 Å². The van der Waals surface area contributed by atoms with E-state index in [-0.39, 0.29) is 23.6 Å². The Morgan fingerprint density at radius 2 is 1.94 bits per heavy atom. The number of aromatic nitrogens is 1. The van der Waals surface area contributed by atoms with Crippen LogP contribution in [0.2, 0.25) is 0 Å². The monoisotopic (exact) mass is 438 g/mol. The van der Waals surface area contributed by atoms with Crippen LogP contribution in [-0.4, -0.2) is 50.6 Å². The van der Waals surface area contributed by atoms with E-state index >= 15 is 0 Å². The number of carbonyl (C=O) groups excluding carboxylic acids is 2. The van der Waals surface area contributed by atoms with Crippen LogP contribution in [0.5, 0.6) is 0 Å². The Labute approximate surface area is 189 Å². The molecule has 2 heterocycles. The van der Waals surface area contributed by atoms with Crippen LogP contribution in [0, 0.1) is 6.92 Å². The third-order valence-electron chi connectivity index (χ3n) is 7.01. The van der Waals surface area contributed by atoms with Gasteiger partial charge >= 0.3 is 0 Å². The minimum atomic E-state index is -0.476. The zero-order chi connectivity index (χ0) is 23.2. The summed E-state index contributed by atoms with van der Waals surface area (Å²) in [5.41, 5.74) is 10.2. The first kappa shape index (κ1) is 22.4. The fourth-order valence-electron chi connectivity index (χ4n) is 5.32. The zero-order valence-corrected chi connectivity index (χ0v) is 19.4. The average molecular weight is 439 g/mol. The molecule has 32 heavy (non-hydrogen) atoms. The number of anilines is 1. The molecule has 1 aromatic heterocycles. The van der Waals surface area contributed by atoms with Gasteiger partial charge in [-0.15, -0.1) is 0 Å². The lowest BCUT2D eigenvalue weighted by Gasteiger charge is -2.42. The summed E-state index contributed by atoms with van der Waals surface area (Å²) in [5, 5.41) is 13.3. The van der Waals surface area contributed by atoms with Crippen molar-refractivity contribution in [3.8, 4) is 5.69 Å². The lowest BCUT2D eigenvalue weighted by atomic mass is 9.88. The van der Waals surface area contributed by atoms with Crippen molar-refractivity contribution in [3.63, 3.8) is 0 Å². The van der Waals surface area contributed by atoms with Crippen molar-refractivity contribution in [2.24, 2.45) is 5.73 Å². The topological polar surface area (TPSA) is 101 Å². The second kappa shape index (κ2) is 8.28. The van der Waals surface area contributed by atoms with Gasteiger partial charge in [-0.2, -0.15) is 0 Å². The number of aryl methyl sites for hydroxylation is 1. The molecular weight excluding hydrogens is 404 g/mol. The number of nitrogens with one attached hydrogen (secondary N) is 1. The SMILES string of the molecule is CCN1C(=O)c2c(C)cn(-c3ccc(C(N)=O)c(NC4CCC(O)CC4)c3)c2CC1(C)C. The lowest BCUT2D eigenvalue weighted by molar-refractivity contribution is 0.0522. The molecule has 2 amide bonds. The van der Waals surface area contributed by atoms with Gasteiger partial charge < -0.3 is 25.6 Å². The van der Waals surface area contributed by atoms with E-state index in [1.54, 1.807) is 6.07 Å². The fourth-order valence-corrected chi connectivity index (χ4v) is 5.32. The van der Waals surface area contributed by atoms with E-state index in [1.807, 2.05) is 37.1 Å². The molecule has 1 saturated carbocycles. The number of nitrogens with two attached hydrogens (primary N) is 1. The predicted octanol–water partition coefficient (Wildman–Crippen LogP) is 3.40. The maximum atomic E-state index is 13.2. The molecule has 7 nitrogen and oxygen atoms in total. The van der Waals surface area contributed by atoms with Gasteiger partial charge in [0.25, 0.3) is 11.8 Å². The van der Waals surface area contributed by atoms with E-state index in [0.29, 0.717) is 17.8 Å². The Hall–Kier alpha value is -2.80. The van der Waals surface area contributed by atoms with Crippen molar-refractivity contribution in [2.45, 2.75) is 77.5 Å². The molecule has 0 bridgehead atoms. The van der Waals surface area contributed by atoms with E-state index in [2.05, 4.69) is 23.7 Å². The Balaban J connectivity index is 1.75. The molecule has 1 aliphatic heterocycles. The van der Waals surface area contributed by atoms with Gasteiger partial charge in [0.2, 0.25) is 0 Å². The normalized spacial score (nSPS) is 22.5. The number of benzene rings is 1. The van der Waals surface area contributed by atoms with Gasteiger partial charge in [0, 0.05) is 47.8 Å². The van der Waals surface area contributed by atoms with E-state index in [0.717, 1.165) is 54.6 Å². The van der Waals surface area contributed by atoms with E-state index in [4.69, 9.17) is 5.73 Å². The molecular formula is C25H34N4O3. The molecule has 172 valence electrons. The molecule has 4 N–H and O–H groups in total. The van der Waals surface area contributed by atoms with Crippen LogP contribution in [0.25, 0.3) is 5.69 Å². The van der Waals surface area contributed by atoms with Crippen LogP contribution in [0.3, 0.4) is 0 Å². The molecule has 7 heteroatoms. The number of aliphatic hydroxyl groups is 1. The summed E-state index contributed by atoms with van der Waals surface area (Å²) in [6.07, 6.45) is 5.70. The number of likely N-dealkylation sites (N-methyl/N-ethyl adjacent to an activating group) is 1. The number of hydrogen-bond donors (Lipinski definition) is 3. The molecule has 1 fully saturated rings. The van der Waals surface area contributed by atoms with Crippen molar-refractivity contribution < 1.29 is 14.7 Å². The molecule has 1 aromatic carbocycles. The van der Waals surface area contributed by atoms with Crippen molar-refractivity contribution in [2.75, 3.05) is 11.9 Å². The standard InChI is InChI=1S/C25H34N4O3/c1-5-29-24(32)22-15(2)14-28(21(22)13-25(29,3)4)17-8-11-19(23(26)31)20(12-17)27-16-6-9-18(30)10-7-16/h8,11-12,14,16,18,27,30H,5-7,9-10,13H2,1-4H3,(H2,26,31). The molecule has 0 spiro atoms. The van der Waals surface area contributed by atoms with Crippen LogP contribution < -0.4 is 11.1 Å². The molecule has 4 rings (SSSR count). The summed E-state index contributed by atoms with van der Waals surface area (Å²) in [4.78, 5) is 27.3. The number of carbonyl (C=O) groups is 2. The predicted molar refractivity (Wildman–Crippen MR) is 125 cm³/mol. The fraction of sp³-hybridized carbons (Fsp3) is 0.520. The van der Waals surface area contributed by atoms with Gasteiger partial charge in [-0.1, -0.05) is 0 Å². The van der Waals surface area contributed by atoms with Crippen molar-refractivity contribution in [3.05, 3.63) is 46.8 Å². The minimum absolute atomic E-state index is 0.0721. The van der Waals surface area contributed by atoms with Crippen molar-refractivity contribution >= 4 is 17.5 Å². The van der Waals surface area contributed by atoms with E-state index < -0.39 is 5.91 Å². The summed E-state index contributed by atoms with van der Waals surface area (Å²) in [5.74, 6) is -0.404. The summed E-state index contributed by atoms with van der Waals surface area (Å²) < 4.78 is 2.08. The van der Waals surface area contributed by atoms with Crippen molar-refractivity contribution in [1.29, 1.82) is 0 Å². The Morgan fingerprint density at radius 3 is 2.56 bits per heavy atom. The molecule has 0 atom stereocenters. The maximum Gasteiger partial charge on any atom is 0.256 e. The molecule has 2 aliphatic rings. The van der Waals surface area contributed by atoms with Crippen LogP contribution in [0.4, 0.5) is 5.69 Å². The third kappa shape index (κ3) is 3.90. The van der Waals surface area contributed by atoms with Crippen LogP contribution >= 0.6 is 0 Å². The highest BCUT2D eigenvalue weighted by atomic mass is 16.3. The summed E-state index contributed by atoms with van der Waals surface area (Å²) in [7, 11) is 0. The highest BCUT2D eigenvalue weighted by molar-refractivity contribution is 6.00. The smallest absolute Gasteiger partial charge is 0.256 e. The van der Waals surface area contributed by atoms with Gasteiger partial charge in [0.05, 0.1) is 17.2 Å². The number of aliphatic hydroxyl groups excluding tert-OH is 1. The largest absolute Gasteiger partial charge is 0.393 e. The van der Waals surface area contributed by atoms with Crippen molar-refractivity contribution in [1.82, 2.24) is 9.47 Å².